The first-order valence-electron chi connectivity index (χ1n) is 7.97. The van der Waals surface area contributed by atoms with Crippen molar-refractivity contribution in [1.29, 1.82) is 0 Å². The number of allylic oxidation sites excluding steroid dienone is 3. The van der Waals surface area contributed by atoms with E-state index < -0.39 is 0 Å². The Balaban J connectivity index is 0.000000401. The molecule has 0 aromatic heterocycles. The fourth-order valence-corrected chi connectivity index (χ4v) is 1.99. The summed E-state index contributed by atoms with van der Waals surface area (Å²) >= 11 is 0. The van der Waals surface area contributed by atoms with Gasteiger partial charge in [0.05, 0.1) is 6.61 Å². The van der Waals surface area contributed by atoms with E-state index >= 15 is 0 Å². The van der Waals surface area contributed by atoms with E-state index in [1.54, 1.807) is 6.07 Å². The van der Waals surface area contributed by atoms with Crippen LogP contribution in [0.2, 0.25) is 0 Å². The number of aromatic hydroxyl groups is 1. The number of aliphatic hydroxyl groups excluding tert-OH is 1. The van der Waals surface area contributed by atoms with Crippen LogP contribution < -0.4 is 0 Å². The summed E-state index contributed by atoms with van der Waals surface area (Å²) in [6.45, 7) is 12.5. The number of aliphatic hydroxyl groups is 1. The third-order valence-corrected chi connectivity index (χ3v) is 3.34. The van der Waals surface area contributed by atoms with Crippen LogP contribution in [0.1, 0.15) is 64.5 Å². The largest absolute Gasteiger partial charge is 0.508 e. The quantitative estimate of drug-likeness (QED) is 0.706. The Labute approximate surface area is 136 Å². The van der Waals surface area contributed by atoms with Crippen molar-refractivity contribution in [1.82, 2.24) is 0 Å². The van der Waals surface area contributed by atoms with E-state index in [0.717, 1.165) is 24.0 Å². The second-order valence-electron chi connectivity index (χ2n) is 6.27. The molecule has 0 atom stereocenters. The fraction of sp³-hybridized carbons (Fsp3) is 0.500. The van der Waals surface area contributed by atoms with Gasteiger partial charge in [-0.3, -0.25) is 0 Å². The minimum Gasteiger partial charge on any atom is -0.508 e. The SMILES string of the molecule is CC(C)=CCCC(C)=CCO.Cc1ccc(C(C)C)c(O)c1. The average Bonchev–Trinajstić information content (AvgIpc) is 2.38. The minimum absolute atomic E-state index is 0.167. The fourth-order valence-electron chi connectivity index (χ4n) is 1.99. The third kappa shape index (κ3) is 9.41. The Morgan fingerprint density at radius 2 is 1.77 bits per heavy atom. The van der Waals surface area contributed by atoms with Crippen LogP contribution in [-0.4, -0.2) is 16.8 Å². The van der Waals surface area contributed by atoms with Crippen molar-refractivity contribution < 1.29 is 10.2 Å². The lowest BCUT2D eigenvalue weighted by atomic mass is 10.0. The Kier molecular flexibility index (Phi) is 10.3. The zero-order valence-electron chi connectivity index (χ0n) is 15.0. The summed E-state index contributed by atoms with van der Waals surface area (Å²) in [5.74, 6) is 0.815. The first-order valence-corrected chi connectivity index (χ1v) is 7.97. The van der Waals surface area contributed by atoms with Gasteiger partial charge in [0.1, 0.15) is 5.75 Å². The van der Waals surface area contributed by atoms with E-state index in [1.807, 2.05) is 25.1 Å². The van der Waals surface area contributed by atoms with Crippen molar-refractivity contribution in [3.05, 3.63) is 52.6 Å². The van der Waals surface area contributed by atoms with Gasteiger partial charge in [-0.2, -0.15) is 0 Å². The highest BCUT2D eigenvalue weighted by Gasteiger charge is 2.03. The molecule has 1 aromatic rings. The number of hydrogen-bond donors (Lipinski definition) is 2. The Hall–Kier alpha value is -1.54. The molecular weight excluding hydrogens is 272 g/mol. The molecule has 0 aliphatic rings. The Bertz CT molecular complexity index is 492. The van der Waals surface area contributed by atoms with Crippen LogP contribution in [0.15, 0.2) is 41.5 Å². The second kappa shape index (κ2) is 11.1. The molecule has 0 fully saturated rings. The molecule has 0 heterocycles. The van der Waals surface area contributed by atoms with Crippen LogP contribution in [0.25, 0.3) is 0 Å². The van der Waals surface area contributed by atoms with Gasteiger partial charge in [0.15, 0.2) is 0 Å². The van der Waals surface area contributed by atoms with E-state index in [9.17, 15) is 5.11 Å². The molecule has 2 heteroatoms. The number of hydrogen-bond acceptors (Lipinski definition) is 2. The number of aryl methyl sites for hydroxylation is 1. The molecule has 22 heavy (non-hydrogen) atoms. The lowest BCUT2D eigenvalue weighted by molar-refractivity contribution is 0.341. The molecule has 2 N–H and O–H groups in total. The molecule has 0 saturated carbocycles. The monoisotopic (exact) mass is 304 g/mol. The summed E-state index contributed by atoms with van der Waals surface area (Å²) in [4.78, 5) is 0. The maximum absolute atomic E-state index is 9.46. The molecule has 0 unspecified atom stereocenters. The number of phenols is 1. The molecule has 0 amide bonds. The second-order valence-corrected chi connectivity index (χ2v) is 6.27. The van der Waals surface area contributed by atoms with Gasteiger partial charge in [-0.1, -0.05) is 49.3 Å². The third-order valence-electron chi connectivity index (χ3n) is 3.34. The minimum atomic E-state index is 0.167. The molecule has 1 rings (SSSR count). The molecule has 0 aliphatic heterocycles. The summed E-state index contributed by atoms with van der Waals surface area (Å²) in [5, 5.41) is 18.0. The molecule has 0 aliphatic carbocycles. The molecule has 0 radical (unpaired) electrons. The predicted molar refractivity (Wildman–Crippen MR) is 96.4 cm³/mol. The van der Waals surface area contributed by atoms with E-state index in [1.165, 1.54) is 11.1 Å². The highest BCUT2D eigenvalue weighted by Crippen LogP contribution is 2.25. The van der Waals surface area contributed by atoms with E-state index in [4.69, 9.17) is 5.11 Å². The maximum atomic E-state index is 9.46. The maximum Gasteiger partial charge on any atom is 0.119 e. The van der Waals surface area contributed by atoms with Gasteiger partial charge in [-0.25, -0.2) is 0 Å². The van der Waals surface area contributed by atoms with Crippen molar-refractivity contribution in [2.75, 3.05) is 6.61 Å². The molecule has 0 saturated heterocycles. The van der Waals surface area contributed by atoms with Gasteiger partial charge in [0.2, 0.25) is 0 Å². The summed E-state index contributed by atoms with van der Waals surface area (Å²) in [7, 11) is 0. The van der Waals surface area contributed by atoms with Crippen molar-refractivity contribution in [2.24, 2.45) is 0 Å². The van der Waals surface area contributed by atoms with Crippen LogP contribution in [0.5, 0.6) is 5.75 Å². The van der Waals surface area contributed by atoms with Crippen LogP contribution in [0.4, 0.5) is 0 Å². The number of rotatable bonds is 5. The first-order chi connectivity index (χ1) is 10.3. The Morgan fingerprint density at radius 3 is 2.23 bits per heavy atom. The summed E-state index contributed by atoms with van der Waals surface area (Å²) in [5.41, 5.74) is 4.76. The van der Waals surface area contributed by atoms with Crippen molar-refractivity contribution in [3.8, 4) is 5.75 Å². The zero-order valence-corrected chi connectivity index (χ0v) is 15.0. The van der Waals surface area contributed by atoms with Crippen LogP contribution >= 0.6 is 0 Å². The van der Waals surface area contributed by atoms with Gasteiger partial charge in [0.25, 0.3) is 0 Å². The van der Waals surface area contributed by atoms with Crippen LogP contribution in [0, 0.1) is 6.92 Å². The average molecular weight is 304 g/mol. The standard InChI is InChI=1S/C10H14O.C10H18O/c1-7(2)9-5-4-8(3)6-10(9)11;1-9(2)5-4-6-10(3)7-8-11/h4-7,11H,1-3H3;5,7,11H,4,6,8H2,1-3H3. The first kappa shape index (κ1) is 20.5. The van der Waals surface area contributed by atoms with Crippen molar-refractivity contribution in [3.63, 3.8) is 0 Å². The van der Waals surface area contributed by atoms with Gasteiger partial charge in [-0.05, 0) is 63.6 Å². The van der Waals surface area contributed by atoms with Gasteiger partial charge < -0.3 is 10.2 Å². The predicted octanol–water partition coefficient (Wildman–Crippen LogP) is 5.50. The summed E-state index contributed by atoms with van der Waals surface area (Å²) in [6, 6.07) is 5.81. The van der Waals surface area contributed by atoms with Crippen LogP contribution in [0.3, 0.4) is 0 Å². The summed E-state index contributed by atoms with van der Waals surface area (Å²) in [6.07, 6.45) is 6.23. The van der Waals surface area contributed by atoms with Crippen LogP contribution in [-0.2, 0) is 0 Å². The number of benzene rings is 1. The van der Waals surface area contributed by atoms with Crippen molar-refractivity contribution >= 4 is 0 Å². The highest BCUT2D eigenvalue weighted by molar-refractivity contribution is 5.37. The molecule has 0 bridgehead atoms. The molecule has 0 spiro atoms. The van der Waals surface area contributed by atoms with Crippen molar-refractivity contribution in [2.45, 2.75) is 60.3 Å². The lowest BCUT2D eigenvalue weighted by Crippen LogP contribution is -1.87. The van der Waals surface area contributed by atoms with Gasteiger partial charge in [0, 0.05) is 0 Å². The van der Waals surface area contributed by atoms with E-state index in [-0.39, 0.29) is 6.61 Å². The lowest BCUT2D eigenvalue weighted by Gasteiger charge is -2.07. The Morgan fingerprint density at radius 1 is 1.14 bits per heavy atom. The summed E-state index contributed by atoms with van der Waals surface area (Å²) < 4.78 is 0. The normalized spacial score (nSPS) is 11.0. The molecule has 1 aromatic carbocycles. The zero-order chi connectivity index (χ0) is 17.1. The van der Waals surface area contributed by atoms with Gasteiger partial charge in [-0.15, -0.1) is 0 Å². The number of phenolic OH excluding ortho intramolecular Hbond substituents is 1. The van der Waals surface area contributed by atoms with Gasteiger partial charge >= 0.3 is 0 Å². The molecular formula is C20H32O2. The van der Waals surface area contributed by atoms with E-state index in [2.05, 4.69) is 40.7 Å². The topological polar surface area (TPSA) is 40.5 Å². The van der Waals surface area contributed by atoms with E-state index in [0.29, 0.717) is 11.7 Å². The molecule has 124 valence electrons. The highest BCUT2D eigenvalue weighted by atomic mass is 16.3. The smallest absolute Gasteiger partial charge is 0.119 e. The molecule has 2 nitrogen and oxygen atoms in total.